The summed E-state index contributed by atoms with van der Waals surface area (Å²) in [6.45, 7) is 1.01. The zero-order chi connectivity index (χ0) is 26.5. The first kappa shape index (κ1) is 27.8. The summed E-state index contributed by atoms with van der Waals surface area (Å²) in [7, 11) is -2.67. The summed E-state index contributed by atoms with van der Waals surface area (Å²) in [5, 5.41) is 3.58. The van der Waals surface area contributed by atoms with Gasteiger partial charge in [-0.2, -0.15) is 0 Å². The lowest BCUT2D eigenvalue weighted by molar-refractivity contribution is -0.139. The number of sulfonamides is 1. The summed E-state index contributed by atoms with van der Waals surface area (Å²) in [5.74, 6) is -1.00. The van der Waals surface area contributed by atoms with Crippen molar-refractivity contribution in [2.24, 2.45) is 0 Å². The normalized spacial score (nSPS) is 12.0. The molecule has 36 heavy (non-hydrogen) atoms. The number of anilines is 1. The molecule has 7 nitrogen and oxygen atoms in total. The van der Waals surface area contributed by atoms with E-state index in [0.717, 1.165) is 4.31 Å². The van der Waals surface area contributed by atoms with Crippen molar-refractivity contribution in [3.63, 3.8) is 0 Å². The van der Waals surface area contributed by atoms with E-state index >= 15 is 0 Å². The lowest BCUT2D eigenvalue weighted by Gasteiger charge is -2.31. The number of benzene rings is 3. The van der Waals surface area contributed by atoms with Gasteiger partial charge in [0.1, 0.15) is 12.6 Å². The molecule has 0 saturated carbocycles. The van der Waals surface area contributed by atoms with Crippen LogP contribution in [0.25, 0.3) is 0 Å². The zero-order valence-electron chi connectivity index (χ0n) is 19.5. The molecule has 0 bridgehead atoms. The first-order valence-corrected chi connectivity index (χ1v) is 13.4. The third-order valence-corrected chi connectivity index (χ3v) is 8.25. The Morgan fingerprint density at radius 2 is 1.56 bits per heavy atom. The van der Waals surface area contributed by atoms with Gasteiger partial charge in [-0.3, -0.25) is 13.9 Å². The van der Waals surface area contributed by atoms with Crippen LogP contribution in [0.3, 0.4) is 0 Å². The number of carbonyl (C=O) groups is 2. The molecule has 3 aromatic carbocycles. The molecular formula is C25H24Cl3N3O4S. The second-order valence-electron chi connectivity index (χ2n) is 7.86. The molecular weight excluding hydrogens is 545 g/mol. The fraction of sp³-hybridized carbons (Fsp3) is 0.200. The van der Waals surface area contributed by atoms with Gasteiger partial charge in [0.25, 0.3) is 10.0 Å². The average molecular weight is 569 g/mol. The van der Waals surface area contributed by atoms with E-state index in [0.29, 0.717) is 20.6 Å². The molecule has 0 heterocycles. The highest BCUT2D eigenvalue weighted by Crippen LogP contribution is 2.27. The fourth-order valence-electron chi connectivity index (χ4n) is 3.48. The quantitative estimate of drug-likeness (QED) is 0.393. The molecule has 190 valence electrons. The van der Waals surface area contributed by atoms with Gasteiger partial charge >= 0.3 is 0 Å². The maximum absolute atomic E-state index is 13.6. The van der Waals surface area contributed by atoms with Crippen molar-refractivity contribution in [2.75, 3.05) is 17.9 Å². The minimum absolute atomic E-state index is 0.00412. The SMILES string of the molecule is CNC(=O)C(C)N(Cc1ccc(Cl)c(Cl)c1)C(=O)CN(c1ccc(Cl)cc1)S(=O)(=O)c1ccccc1. The van der Waals surface area contributed by atoms with E-state index in [2.05, 4.69) is 5.32 Å². The molecule has 0 spiro atoms. The van der Waals surface area contributed by atoms with E-state index in [4.69, 9.17) is 34.8 Å². The maximum atomic E-state index is 13.6. The molecule has 0 aliphatic carbocycles. The van der Waals surface area contributed by atoms with Crippen LogP contribution in [0.1, 0.15) is 12.5 Å². The average Bonchev–Trinajstić information content (AvgIpc) is 2.88. The van der Waals surface area contributed by atoms with Crippen LogP contribution >= 0.6 is 34.8 Å². The van der Waals surface area contributed by atoms with Gasteiger partial charge in [-0.15, -0.1) is 0 Å². The largest absolute Gasteiger partial charge is 0.357 e. The standard InChI is InChI=1S/C25H24Cl3N3O4S/c1-17(25(33)29-2)30(15-18-8-13-22(27)23(28)14-18)24(32)16-31(20-11-9-19(26)10-12-20)36(34,35)21-6-4-3-5-7-21/h3-14,17H,15-16H2,1-2H3,(H,29,33). The van der Waals surface area contributed by atoms with Crippen LogP contribution < -0.4 is 9.62 Å². The molecule has 1 unspecified atom stereocenters. The summed E-state index contributed by atoms with van der Waals surface area (Å²) in [6.07, 6.45) is 0. The topological polar surface area (TPSA) is 86.8 Å². The Hall–Kier alpha value is -2.78. The van der Waals surface area contributed by atoms with Crippen LogP contribution in [-0.2, 0) is 26.2 Å². The van der Waals surface area contributed by atoms with Crippen molar-refractivity contribution in [3.05, 3.63) is 93.4 Å². The Bertz CT molecular complexity index is 1340. The highest BCUT2D eigenvalue weighted by Gasteiger charge is 2.32. The van der Waals surface area contributed by atoms with E-state index in [1.54, 1.807) is 43.3 Å². The highest BCUT2D eigenvalue weighted by molar-refractivity contribution is 7.92. The van der Waals surface area contributed by atoms with Gasteiger partial charge in [-0.1, -0.05) is 59.1 Å². The number of hydrogen-bond donors (Lipinski definition) is 1. The van der Waals surface area contributed by atoms with Gasteiger partial charge in [-0.05, 0) is 61.0 Å². The summed E-state index contributed by atoms with van der Waals surface area (Å²) >= 11 is 18.2. The van der Waals surface area contributed by atoms with Gasteiger partial charge in [0, 0.05) is 18.6 Å². The van der Waals surface area contributed by atoms with Crippen molar-refractivity contribution in [1.82, 2.24) is 10.2 Å². The molecule has 1 atom stereocenters. The molecule has 0 aliphatic rings. The minimum atomic E-state index is -4.13. The van der Waals surface area contributed by atoms with Gasteiger partial charge in [0.2, 0.25) is 11.8 Å². The van der Waals surface area contributed by atoms with E-state index in [9.17, 15) is 18.0 Å². The number of hydrogen-bond acceptors (Lipinski definition) is 4. The number of carbonyl (C=O) groups excluding carboxylic acids is 2. The van der Waals surface area contributed by atoms with Crippen molar-refractivity contribution in [1.29, 1.82) is 0 Å². The Morgan fingerprint density at radius 3 is 2.14 bits per heavy atom. The van der Waals surface area contributed by atoms with Crippen LogP contribution in [0.15, 0.2) is 77.7 Å². The molecule has 0 aromatic heterocycles. The molecule has 2 amide bonds. The fourth-order valence-corrected chi connectivity index (χ4v) is 5.36. The van der Waals surface area contributed by atoms with Crippen LogP contribution in [0.4, 0.5) is 5.69 Å². The number of amides is 2. The Labute approximate surface area is 225 Å². The van der Waals surface area contributed by atoms with Crippen molar-refractivity contribution < 1.29 is 18.0 Å². The van der Waals surface area contributed by atoms with E-state index in [-0.39, 0.29) is 17.1 Å². The number of nitrogens with zero attached hydrogens (tertiary/aromatic N) is 2. The van der Waals surface area contributed by atoms with Crippen LogP contribution in [0.5, 0.6) is 0 Å². The molecule has 11 heteroatoms. The summed E-state index contributed by atoms with van der Waals surface area (Å²) < 4.78 is 28.2. The summed E-state index contributed by atoms with van der Waals surface area (Å²) in [5.41, 5.74) is 0.871. The van der Waals surface area contributed by atoms with Crippen LogP contribution in [0.2, 0.25) is 15.1 Å². The van der Waals surface area contributed by atoms with Gasteiger partial charge < -0.3 is 10.2 Å². The highest BCUT2D eigenvalue weighted by atomic mass is 35.5. The smallest absolute Gasteiger partial charge is 0.264 e. The molecule has 0 radical (unpaired) electrons. The molecule has 0 aliphatic heterocycles. The van der Waals surface area contributed by atoms with Crippen molar-refractivity contribution in [3.8, 4) is 0 Å². The Morgan fingerprint density at radius 1 is 0.917 bits per heavy atom. The summed E-state index contributed by atoms with van der Waals surface area (Å²) in [4.78, 5) is 27.4. The van der Waals surface area contributed by atoms with E-state index in [1.807, 2.05) is 0 Å². The minimum Gasteiger partial charge on any atom is -0.357 e. The summed E-state index contributed by atoms with van der Waals surface area (Å²) in [6, 6.07) is 17.9. The first-order chi connectivity index (χ1) is 17.0. The molecule has 3 rings (SSSR count). The van der Waals surface area contributed by atoms with Crippen molar-refractivity contribution in [2.45, 2.75) is 24.4 Å². The zero-order valence-corrected chi connectivity index (χ0v) is 22.6. The Kier molecular flexibility index (Phi) is 9.24. The lowest BCUT2D eigenvalue weighted by Crippen LogP contribution is -2.50. The number of likely N-dealkylation sites (N-methyl/N-ethyl adjacent to an activating group) is 1. The monoisotopic (exact) mass is 567 g/mol. The predicted octanol–water partition coefficient (Wildman–Crippen LogP) is 5.01. The number of halogens is 3. The van der Waals surface area contributed by atoms with E-state index in [1.165, 1.54) is 48.3 Å². The van der Waals surface area contributed by atoms with Gasteiger partial charge in [0.15, 0.2) is 0 Å². The van der Waals surface area contributed by atoms with Gasteiger partial charge in [0.05, 0.1) is 20.6 Å². The second-order valence-corrected chi connectivity index (χ2v) is 11.0. The maximum Gasteiger partial charge on any atom is 0.264 e. The molecule has 0 fully saturated rings. The van der Waals surface area contributed by atoms with Crippen molar-refractivity contribution >= 4 is 62.3 Å². The first-order valence-electron chi connectivity index (χ1n) is 10.8. The van der Waals surface area contributed by atoms with Gasteiger partial charge in [-0.25, -0.2) is 8.42 Å². The third-order valence-electron chi connectivity index (χ3n) is 5.48. The van der Waals surface area contributed by atoms with Crippen LogP contribution in [-0.4, -0.2) is 44.8 Å². The molecule has 3 aromatic rings. The lowest BCUT2D eigenvalue weighted by atomic mass is 10.1. The number of rotatable bonds is 9. The van der Waals surface area contributed by atoms with E-state index < -0.39 is 34.4 Å². The van der Waals surface area contributed by atoms with Crippen LogP contribution in [0, 0.1) is 0 Å². The number of nitrogens with one attached hydrogen (secondary N) is 1. The predicted molar refractivity (Wildman–Crippen MR) is 143 cm³/mol. The molecule has 1 N–H and O–H groups in total. The third kappa shape index (κ3) is 6.50. The second kappa shape index (κ2) is 12.0. The molecule has 0 saturated heterocycles. The Balaban J connectivity index is 2.02.